The van der Waals surface area contributed by atoms with E-state index in [0.29, 0.717) is 24.4 Å². The molecule has 26 heavy (non-hydrogen) atoms. The SMILES string of the molecule is N#Cc1cnc(OCCc2ccccn2)nc1-n1cnc2ccccc21. The number of hydrogen-bond donors (Lipinski definition) is 0. The van der Waals surface area contributed by atoms with Crippen molar-refractivity contribution in [2.45, 2.75) is 6.42 Å². The summed E-state index contributed by atoms with van der Waals surface area (Å²) >= 11 is 0. The zero-order valence-corrected chi connectivity index (χ0v) is 13.8. The number of rotatable bonds is 5. The Morgan fingerprint density at radius 1 is 1.04 bits per heavy atom. The summed E-state index contributed by atoms with van der Waals surface area (Å²) in [7, 11) is 0. The molecule has 3 heterocycles. The summed E-state index contributed by atoms with van der Waals surface area (Å²) in [5.74, 6) is 0.448. The summed E-state index contributed by atoms with van der Waals surface area (Å²) in [6.45, 7) is 0.396. The summed E-state index contributed by atoms with van der Waals surface area (Å²) in [5.41, 5.74) is 2.97. The van der Waals surface area contributed by atoms with Crippen LogP contribution in [0.4, 0.5) is 0 Å². The van der Waals surface area contributed by atoms with Crippen molar-refractivity contribution in [2.24, 2.45) is 0 Å². The minimum Gasteiger partial charge on any atom is -0.463 e. The molecule has 0 N–H and O–H groups in total. The number of nitriles is 1. The van der Waals surface area contributed by atoms with Crippen LogP contribution in [0.3, 0.4) is 0 Å². The quantitative estimate of drug-likeness (QED) is 0.554. The number of ether oxygens (including phenoxy) is 1. The lowest BCUT2D eigenvalue weighted by atomic mass is 10.3. The van der Waals surface area contributed by atoms with E-state index in [1.165, 1.54) is 6.20 Å². The van der Waals surface area contributed by atoms with Gasteiger partial charge in [-0.2, -0.15) is 10.2 Å². The van der Waals surface area contributed by atoms with Crippen LogP contribution in [0.25, 0.3) is 16.9 Å². The van der Waals surface area contributed by atoms with E-state index in [-0.39, 0.29) is 6.01 Å². The van der Waals surface area contributed by atoms with Crippen molar-refractivity contribution < 1.29 is 4.74 Å². The zero-order valence-electron chi connectivity index (χ0n) is 13.8. The molecule has 0 unspecified atom stereocenters. The summed E-state index contributed by atoms with van der Waals surface area (Å²) in [6.07, 6.45) is 5.50. The van der Waals surface area contributed by atoms with Gasteiger partial charge < -0.3 is 4.74 Å². The lowest BCUT2D eigenvalue weighted by Crippen LogP contribution is -2.08. The molecule has 4 aromatic rings. The molecular weight excluding hydrogens is 328 g/mol. The Labute approximate surface area is 149 Å². The first-order valence-electron chi connectivity index (χ1n) is 8.07. The monoisotopic (exact) mass is 342 g/mol. The molecule has 0 aliphatic heterocycles. The van der Waals surface area contributed by atoms with E-state index in [1.807, 2.05) is 42.5 Å². The van der Waals surface area contributed by atoms with Gasteiger partial charge in [-0.25, -0.2) is 9.97 Å². The number of fused-ring (bicyclic) bond motifs is 1. The van der Waals surface area contributed by atoms with Crippen LogP contribution in [0, 0.1) is 11.3 Å². The maximum atomic E-state index is 9.39. The number of hydrogen-bond acceptors (Lipinski definition) is 6. The van der Waals surface area contributed by atoms with Crippen LogP contribution in [-0.4, -0.2) is 31.1 Å². The van der Waals surface area contributed by atoms with Crippen LogP contribution >= 0.6 is 0 Å². The van der Waals surface area contributed by atoms with Gasteiger partial charge in [0.05, 0.1) is 23.8 Å². The Morgan fingerprint density at radius 2 is 1.92 bits per heavy atom. The van der Waals surface area contributed by atoms with Crippen molar-refractivity contribution in [3.8, 4) is 17.9 Å². The van der Waals surface area contributed by atoms with E-state index in [2.05, 4.69) is 26.0 Å². The average Bonchev–Trinajstić information content (AvgIpc) is 3.13. The van der Waals surface area contributed by atoms with E-state index in [4.69, 9.17) is 4.74 Å². The topological polar surface area (TPSA) is 89.5 Å². The predicted octanol–water partition coefficient (Wildman–Crippen LogP) is 2.70. The van der Waals surface area contributed by atoms with Crippen molar-refractivity contribution in [3.05, 3.63) is 72.4 Å². The van der Waals surface area contributed by atoms with Gasteiger partial charge in [-0.1, -0.05) is 18.2 Å². The molecule has 0 aliphatic rings. The number of para-hydroxylation sites is 2. The van der Waals surface area contributed by atoms with Crippen molar-refractivity contribution >= 4 is 11.0 Å². The maximum absolute atomic E-state index is 9.39. The second-order valence-electron chi connectivity index (χ2n) is 5.52. The van der Waals surface area contributed by atoms with Crippen LogP contribution < -0.4 is 4.74 Å². The number of pyridine rings is 1. The molecule has 0 atom stereocenters. The number of nitrogens with zero attached hydrogens (tertiary/aromatic N) is 6. The molecule has 1 aromatic carbocycles. The largest absolute Gasteiger partial charge is 0.463 e. The molecule has 7 heteroatoms. The van der Waals surface area contributed by atoms with Crippen LogP contribution in [0.5, 0.6) is 6.01 Å². The molecule has 0 saturated carbocycles. The number of aromatic nitrogens is 5. The summed E-state index contributed by atoms with van der Waals surface area (Å²) < 4.78 is 7.42. The Kier molecular flexibility index (Phi) is 4.23. The molecule has 0 amide bonds. The fourth-order valence-electron chi connectivity index (χ4n) is 2.61. The average molecular weight is 342 g/mol. The number of benzene rings is 1. The maximum Gasteiger partial charge on any atom is 0.318 e. The van der Waals surface area contributed by atoms with Crippen molar-refractivity contribution in [1.29, 1.82) is 5.26 Å². The molecule has 0 spiro atoms. The highest BCUT2D eigenvalue weighted by Gasteiger charge is 2.13. The van der Waals surface area contributed by atoms with Crippen molar-refractivity contribution in [1.82, 2.24) is 24.5 Å². The summed E-state index contributed by atoms with van der Waals surface area (Å²) in [6, 6.07) is 15.7. The summed E-state index contributed by atoms with van der Waals surface area (Å²) in [5, 5.41) is 9.39. The van der Waals surface area contributed by atoms with Crippen molar-refractivity contribution in [3.63, 3.8) is 0 Å². The first-order valence-corrected chi connectivity index (χ1v) is 8.07. The van der Waals surface area contributed by atoms with Crippen LogP contribution in [0.2, 0.25) is 0 Å². The van der Waals surface area contributed by atoms with E-state index in [0.717, 1.165) is 16.7 Å². The third-order valence-corrected chi connectivity index (χ3v) is 3.86. The van der Waals surface area contributed by atoms with Gasteiger partial charge in [0.1, 0.15) is 18.0 Å². The Hall–Kier alpha value is -3.79. The normalized spacial score (nSPS) is 10.6. The van der Waals surface area contributed by atoms with Gasteiger partial charge in [-0.3, -0.25) is 9.55 Å². The van der Waals surface area contributed by atoms with E-state index >= 15 is 0 Å². The minimum atomic E-state index is 0.215. The second kappa shape index (κ2) is 6.99. The number of imidazole rings is 1. The smallest absolute Gasteiger partial charge is 0.318 e. The third-order valence-electron chi connectivity index (χ3n) is 3.86. The highest BCUT2D eigenvalue weighted by atomic mass is 16.5. The van der Waals surface area contributed by atoms with Crippen LogP contribution in [-0.2, 0) is 6.42 Å². The van der Waals surface area contributed by atoms with Gasteiger partial charge in [-0.05, 0) is 24.3 Å². The van der Waals surface area contributed by atoms with Gasteiger partial charge >= 0.3 is 6.01 Å². The molecular formula is C19H14N6O. The highest BCUT2D eigenvalue weighted by molar-refractivity contribution is 5.77. The van der Waals surface area contributed by atoms with Crippen LogP contribution in [0.1, 0.15) is 11.3 Å². The molecule has 4 rings (SSSR count). The fraction of sp³-hybridized carbons (Fsp3) is 0.105. The molecule has 126 valence electrons. The lowest BCUT2D eigenvalue weighted by molar-refractivity contribution is 0.294. The minimum absolute atomic E-state index is 0.215. The molecule has 0 aliphatic carbocycles. The first-order chi connectivity index (χ1) is 12.8. The van der Waals surface area contributed by atoms with Gasteiger partial charge in [-0.15, -0.1) is 0 Å². The standard InChI is InChI=1S/C19H14N6O/c20-11-14-12-22-19(26-10-8-15-5-3-4-9-21-15)24-18(14)25-13-23-16-6-1-2-7-17(16)25/h1-7,9,12-13H,8,10H2. The summed E-state index contributed by atoms with van der Waals surface area (Å²) in [4.78, 5) is 17.1. The molecule has 0 bridgehead atoms. The zero-order chi connectivity index (χ0) is 17.8. The van der Waals surface area contributed by atoms with Gasteiger partial charge in [0.15, 0.2) is 5.82 Å². The first kappa shape index (κ1) is 15.7. The van der Waals surface area contributed by atoms with Gasteiger partial charge in [0, 0.05) is 18.3 Å². The second-order valence-corrected chi connectivity index (χ2v) is 5.52. The molecule has 3 aromatic heterocycles. The van der Waals surface area contributed by atoms with Gasteiger partial charge in [0.25, 0.3) is 0 Å². The fourth-order valence-corrected chi connectivity index (χ4v) is 2.61. The molecule has 7 nitrogen and oxygen atoms in total. The molecule has 0 fully saturated rings. The Bertz CT molecular complexity index is 1080. The molecule has 0 radical (unpaired) electrons. The van der Waals surface area contributed by atoms with E-state index < -0.39 is 0 Å². The van der Waals surface area contributed by atoms with Crippen LogP contribution in [0.15, 0.2) is 61.2 Å². The predicted molar refractivity (Wildman–Crippen MR) is 94.8 cm³/mol. The van der Waals surface area contributed by atoms with E-state index in [1.54, 1.807) is 17.1 Å². The van der Waals surface area contributed by atoms with Gasteiger partial charge in [0.2, 0.25) is 0 Å². The molecule has 0 saturated heterocycles. The van der Waals surface area contributed by atoms with E-state index in [9.17, 15) is 5.26 Å². The lowest BCUT2D eigenvalue weighted by Gasteiger charge is -2.08. The Balaban J connectivity index is 1.61. The third kappa shape index (κ3) is 3.08. The Morgan fingerprint density at radius 3 is 2.77 bits per heavy atom. The van der Waals surface area contributed by atoms with Crippen molar-refractivity contribution in [2.75, 3.05) is 6.61 Å². The highest BCUT2D eigenvalue weighted by Crippen LogP contribution is 2.20.